The van der Waals surface area contributed by atoms with Gasteiger partial charge in [0.1, 0.15) is 0 Å². The maximum atomic E-state index is 3.59. The Kier molecular flexibility index (Phi) is 3.78. The van der Waals surface area contributed by atoms with Crippen molar-refractivity contribution in [2.75, 3.05) is 13.1 Å². The molecule has 1 aliphatic rings. The van der Waals surface area contributed by atoms with Gasteiger partial charge in [-0.2, -0.15) is 0 Å². The molecule has 1 aliphatic carbocycles. The molecule has 78 valence electrons. The van der Waals surface area contributed by atoms with Gasteiger partial charge in [-0.1, -0.05) is 27.7 Å². The molecule has 0 saturated heterocycles. The second kappa shape index (κ2) is 4.45. The van der Waals surface area contributed by atoms with Crippen LogP contribution in [0.5, 0.6) is 0 Å². The molecule has 1 heteroatoms. The van der Waals surface area contributed by atoms with E-state index < -0.39 is 0 Å². The highest BCUT2D eigenvalue weighted by atomic mass is 14.9. The lowest BCUT2D eigenvalue weighted by Gasteiger charge is -2.18. The minimum Gasteiger partial charge on any atom is -0.316 e. The molecular formula is C12H25N. The SMILES string of the molecule is CC(C)CNCC1(CC(C)C)CC1. The fraction of sp³-hybridized carbons (Fsp3) is 1.00. The van der Waals surface area contributed by atoms with Gasteiger partial charge in [0.25, 0.3) is 0 Å². The van der Waals surface area contributed by atoms with E-state index in [1.165, 1.54) is 32.4 Å². The summed E-state index contributed by atoms with van der Waals surface area (Å²) < 4.78 is 0. The number of rotatable bonds is 6. The normalized spacial score (nSPS) is 19.8. The van der Waals surface area contributed by atoms with Crippen LogP contribution in [0.3, 0.4) is 0 Å². The molecule has 0 aromatic rings. The number of nitrogens with one attached hydrogen (secondary N) is 1. The van der Waals surface area contributed by atoms with Crippen molar-refractivity contribution >= 4 is 0 Å². The Bertz CT molecular complexity index is 145. The topological polar surface area (TPSA) is 12.0 Å². The number of hydrogen-bond acceptors (Lipinski definition) is 1. The van der Waals surface area contributed by atoms with E-state index in [-0.39, 0.29) is 0 Å². The largest absolute Gasteiger partial charge is 0.316 e. The van der Waals surface area contributed by atoms with Crippen molar-refractivity contribution in [1.82, 2.24) is 5.32 Å². The molecule has 0 amide bonds. The van der Waals surface area contributed by atoms with Crippen molar-refractivity contribution in [2.45, 2.75) is 47.0 Å². The predicted octanol–water partition coefficient (Wildman–Crippen LogP) is 3.06. The smallest absolute Gasteiger partial charge is 0.000802 e. The van der Waals surface area contributed by atoms with E-state index >= 15 is 0 Å². The van der Waals surface area contributed by atoms with Crippen LogP contribution in [0.2, 0.25) is 0 Å². The molecule has 0 unspecified atom stereocenters. The van der Waals surface area contributed by atoms with Crippen molar-refractivity contribution in [2.24, 2.45) is 17.3 Å². The van der Waals surface area contributed by atoms with Gasteiger partial charge in [-0.05, 0) is 43.1 Å². The van der Waals surface area contributed by atoms with E-state index in [0.29, 0.717) is 5.41 Å². The summed E-state index contributed by atoms with van der Waals surface area (Å²) in [5.74, 6) is 1.65. The van der Waals surface area contributed by atoms with E-state index in [1.54, 1.807) is 0 Å². The zero-order chi connectivity index (χ0) is 9.90. The van der Waals surface area contributed by atoms with Crippen LogP contribution >= 0.6 is 0 Å². The van der Waals surface area contributed by atoms with Crippen molar-refractivity contribution in [1.29, 1.82) is 0 Å². The monoisotopic (exact) mass is 183 g/mol. The van der Waals surface area contributed by atoms with Crippen LogP contribution in [0.25, 0.3) is 0 Å². The van der Waals surface area contributed by atoms with Crippen LogP contribution in [0.4, 0.5) is 0 Å². The second-order valence-corrected chi connectivity index (χ2v) is 5.62. The maximum absolute atomic E-state index is 3.59. The lowest BCUT2D eigenvalue weighted by molar-refractivity contribution is 0.359. The summed E-state index contributed by atoms with van der Waals surface area (Å²) in [6, 6.07) is 0. The lowest BCUT2D eigenvalue weighted by Crippen LogP contribution is -2.28. The molecule has 1 N–H and O–H groups in total. The Morgan fingerprint density at radius 2 is 1.69 bits per heavy atom. The van der Waals surface area contributed by atoms with Gasteiger partial charge in [0.05, 0.1) is 0 Å². The predicted molar refractivity (Wildman–Crippen MR) is 58.8 cm³/mol. The minimum atomic E-state index is 0.697. The summed E-state index contributed by atoms with van der Waals surface area (Å²) >= 11 is 0. The molecule has 0 heterocycles. The van der Waals surface area contributed by atoms with Gasteiger partial charge in [-0.3, -0.25) is 0 Å². The van der Waals surface area contributed by atoms with E-state index in [9.17, 15) is 0 Å². The third kappa shape index (κ3) is 4.12. The molecule has 0 bridgehead atoms. The molecule has 0 spiro atoms. The molecule has 1 rings (SSSR count). The summed E-state index contributed by atoms with van der Waals surface area (Å²) in [5.41, 5.74) is 0.697. The van der Waals surface area contributed by atoms with Crippen LogP contribution in [0, 0.1) is 17.3 Å². The maximum Gasteiger partial charge on any atom is 0.000802 e. The summed E-state index contributed by atoms with van der Waals surface area (Å²) in [7, 11) is 0. The standard InChI is InChI=1S/C12H25N/c1-10(2)7-12(5-6-12)9-13-8-11(3)4/h10-11,13H,5-9H2,1-4H3. The van der Waals surface area contributed by atoms with Crippen LogP contribution < -0.4 is 5.32 Å². The molecule has 13 heavy (non-hydrogen) atoms. The van der Waals surface area contributed by atoms with Gasteiger partial charge in [0.15, 0.2) is 0 Å². The van der Waals surface area contributed by atoms with E-state index in [1.807, 2.05) is 0 Å². The first-order valence-corrected chi connectivity index (χ1v) is 5.75. The van der Waals surface area contributed by atoms with Gasteiger partial charge in [-0.25, -0.2) is 0 Å². The molecule has 1 nitrogen and oxygen atoms in total. The molecule has 0 aromatic carbocycles. The summed E-state index contributed by atoms with van der Waals surface area (Å²) in [6.07, 6.45) is 4.32. The Balaban J connectivity index is 2.13. The Morgan fingerprint density at radius 1 is 1.08 bits per heavy atom. The molecule has 0 radical (unpaired) electrons. The van der Waals surface area contributed by atoms with Gasteiger partial charge in [-0.15, -0.1) is 0 Å². The highest BCUT2D eigenvalue weighted by Gasteiger charge is 2.41. The van der Waals surface area contributed by atoms with E-state index in [2.05, 4.69) is 33.0 Å². The second-order valence-electron chi connectivity index (χ2n) is 5.62. The molecule has 0 aromatic heterocycles. The fourth-order valence-electron chi connectivity index (χ4n) is 2.12. The molecule has 1 fully saturated rings. The third-order valence-electron chi connectivity index (χ3n) is 2.85. The molecule has 0 aliphatic heterocycles. The van der Waals surface area contributed by atoms with Gasteiger partial charge < -0.3 is 5.32 Å². The Morgan fingerprint density at radius 3 is 2.08 bits per heavy atom. The quantitative estimate of drug-likeness (QED) is 0.667. The van der Waals surface area contributed by atoms with Crippen molar-refractivity contribution in [3.8, 4) is 0 Å². The number of hydrogen-bond donors (Lipinski definition) is 1. The summed E-state index contributed by atoms with van der Waals surface area (Å²) in [4.78, 5) is 0. The molecular weight excluding hydrogens is 158 g/mol. The van der Waals surface area contributed by atoms with Crippen LogP contribution in [-0.2, 0) is 0 Å². The zero-order valence-corrected chi connectivity index (χ0v) is 9.69. The van der Waals surface area contributed by atoms with Crippen molar-refractivity contribution in [3.05, 3.63) is 0 Å². The van der Waals surface area contributed by atoms with Crippen molar-refractivity contribution < 1.29 is 0 Å². The summed E-state index contributed by atoms with van der Waals surface area (Å²) in [5, 5.41) is 3.59. The van der Waals surface area contributed by atoms with Crippen LogP contribution in [0.15, 0.2) is 0 Å². The van der Waals surface area contributed by atoms with E-state index in [4.69, 9.17) is 0 Å². The fourth-order valence-corrected chi connectivity index (χ4v) is 2.12. The average Bonchev–Trinajstić information content (AvgIpc) is 2.66. The Labute approximate surface area is 83.3 Å². The van der Waals surface area contributed by atoms with Crippen LogP contribution in [0.1, 0.15) is 47.0 Å². The van der Waals surface area contributed by atoms with Crippen LogP contribution in [-0.4, -0.2) is 13.1 Å². The highest BCUT2D eigenvalue weighted by molar-refractivity contribution is 4.95. The zero-order valence-electron chi connectivity index (χ0n) is 9.69. The first-order valence-electron chi connectivity index (χ1n) is 5.75. The third-order valence-corrected chi connectivity index (χ3v) is 2.85. The van der Waals surface area contributed by atoms with Gasteiger partial charge in [0, 0.05) is 6.54 Å². The molecule has 0 atom stereocenters. The van der Waals surface area contributed by atoms with Gasteiger partial charge >= 0.3 is 0 Å². The van der Waals surface area contributed by atoms with Crippen molar-refractivity contribution in [3.63, 3.8) is 0 Å². The summed E-state index contributed by atoms with van der Waals surface area (Å²) in [6.45, 7) is 11.7. The van der Waals surface area contributed by atoms with Gasteiger partial charge in [0.2, 0.25) is 0 Å². The first-order chi connectivity index (χ1) is 6.04. The Hall–Kier alpha value is -0.0400. The minimum absolute atomic E-state index is 0.697. The molecule has 1 saturated carbocycles. The van der Waals surface area contributed by atoms with E-state index in [0.717, 1.165) is 11.8 Å². The first kappa shape index (κ1) is 11.0. The lowest BCUT2D eigenvalue weighted by atomic mass is 9.94. The average molecular weight is 183 g/mol. The highest BCUT2D eigenvalue weighted by Crippen LogP contribution is 2.49.